The number of fused-ring (bicyclic) bond motifs is 1. The number of carbonyl (C=O) groups is 3. The molecule has 7 atom stereocenters. The minimum Gasteiger partial charge on any atom is -0.396 e. The summed E-state index contributed by atoms with van der Waals surface area (Å²) in [5.41, 5.74) is -1.76. The van der Waals surface area contributed by atoms with Crippen LogP contribution in [0.5, 0.6) is 0 Å². The molecule has 30 heavy (non-hydrogen) atoms. The molecule has 3 aliphatic heterocycles. The molecular formula is C22H37N3O5. The van der Waals surface area contributed by atoms with Crippen LogP contribution in [0.3, 0.4) is 0 Å². The molecule has 3 aliphatic rings. The van der Waals surface area contributed by atoms with Crippen LogP contribution in [0.25, 0.3) is 0 Å². The van der Waals surface area contributed by atoms with Crippen LogP contribution >= 0.6 is 0 Å². The predicted molar refractivity (Wildman–Crippen MR) is 111 cm³/mol. The summed E-state index contributed by atoms with van der Waals surface area (Å²) < 4.78 is 6.57. The van der Waals surface area contributed by atoms with E-state index < -0.39 is 29.1 Å². The van der Waals surface area contributed by atoms with Gasteiger partial charge in [-0.1, -0.05) is 20.3 Å². The van der Waals surface area contributed by atoms with Crippen LogP contribution in [0.1, 0.15) is 59.8 Å². The standard InChI is InChI=1S/C22H37N3O5/c1-6-9-14(3)24-19(28)17-22-12-13(2)21(4,30-22)15(18(27)23-5)16(22)20(29)25(17)10-7-8-11-26/h13-17,26H,6-12H2,1-5H3,(H,23,27)(H,24,28)/t13?,14?,15-,16+,17?,21+,22?/m1/s1. The number of nitrogens with one attached hydrogen (secondary N) is 2. The van der Waals surface area contributed by atoms with E-state index in [0.29, 0.717) is 25.8 Å². The highest BCUT2D eigenvalue weighted by atomic mass is 16.5. The fourth-order valence-electron chi connectivity index (χ4n) is 6.06. The summed E-state index contributed by atoms with van der Waals surface area (Å²) in [6.07, 6.45) is 3.52. The van der Waals surface area contributed by atoms with Crippen molar-refractivity contribution in [3.05, 3.63) is 0 Å². The van der Waals surface area contributed by atoms with Gasteiger partial charge in [0.05, 0.1) is 17.4 Å². The Morgan fingerprint density at radius 2 is 2.03 bits per heavy atom. The van der Waals surface area contributed by atoms with Gasteiger partial charge in [0.15, 0.2) is 0 Å². The van der Waals surface area contributed by atoms with Crippen LogP contribution in [0.4, 0.5) is 0 Å². The molecule has 3 saturated heterocycles. The number of amides is 3. The zero-order valence-electron chi connectivity index (χ0n) is 18.9. The van der Waals surface area contributed by atoms with Crippen molar-refractivity contribution in [3.8, 4) is 0 Å². The summed E-state index contributed by atoms with van der Waals surface area (Å²) in [7, 11) is 1.57. The molecule has 0 aromatic heterocycles. The first-order valence-electron chi connectivity index (χ1n) is 11.3. The van der Waals surface area contributed by atoms with Crippen molar-refractivity contribution in [2.45, 2.75) is 83.1 Å². The topological polar surface area (TPSA) is 108 Å². The van der Waals surface area contributed by atoms with E-state index in [1.807, 2.05) is 20.8 Å². The molecule has 170 valence electrons. The third-order valence-corrected chi connectivity index (χ3v) is 7.51. The van der Waals surface area contributed by atoms with Crippen LogP contribution in [-0.4, -0.2) is 71.2 Å². The van der Waals surface area contributed by atoms with Crippen molar-refractivity contribution in [1.29, 1.82) is 0 Å². The summed E-state index contributed by atoms with van der Waals surface area (Å²) in [6.45, 7) is 8.38. The maximum atomic E-state index is 13.6. The number of ether oxygens (including phenoxy) is 1. The first kappa shape index (κ1) is 23.0. The van der Waals surface area contributed by atoms with E-state index in [0.717, 1.165) is 12.8 Å². The molecule has 0 saturated carbocycles. The van der Waals surface area contributed by atoms with Crippen molar-refractivity contribution in [1.82, 2.24) is 15.5 Å². The highest BCUT2D eigenvalue weighted by molar-refractivity contribution is 5.99. The Kier molecular flexibility index (Phi) is 6.49. The van der Waals surface area contributed by atoms with Gasteiger partial charge >= 0.3 is 0 Å². The van der Waals surface area contributed by atoms with Gasteiger partial charge in [-0.3, -0.25) is 14.4 Å². The maximum Gasteiger partial charge on any atom is 0.246 e. The number of aliphatic hydroxyl groups is 1. The normalized spacial score (nSPS) is 37.9. The lowest BCUT2D eigenvalue weighted by atomic mass is 9.62. The molecule has 3 amide bonds. The van der Waals surface area contributed by atoms with Crippen LogP contribution in [-0.2, 0) is 19.1 Å². The van der Waals surface area contributed by atoms with Crippen molar-refractivity contribution in [2.24, 2.45) is 17.8 Å². The second kappa shape index (κ2) is 8.46. The molecule has 3 fully saturated rings. The van der Waals surface area contributed by atoms with Gasteiger partial charge in [0.2, 0.25) is 17.7 Å². The van der Waals surface area contributed by atoms with E-state index in [1.165, 1.54) is 0 Å². The average Bonchev–Trinajstić information content (AvgIpc) is 3.19. The zero-order chi connectivity index (χ0) is 22.3. The average molecular weight is 424 g/mol. The fraction of sp³-hybridized carbons (Fsp3) is 0.864. The third-order valence-electron chi connectivity index (χ3n) is 7.51. The molecule has 8 heteroatoms. The largest absolute Gasteiger partial charge is 0.396 e. The molecule has 8 nitrogen and oxygen atoms in total. The minimum atomic E-state index is -0.988. The number of hydrogen-bond donors (Lipinski definition) is 3. The zero-order valence-corrected chi connectivity index (χ0v) is 18.9. The molecule has 3 heterocycles. The molecule has 0 aromatic carbocycles. The van der Waals surface area contributed by atoms with Gasteiger partial charge in [0.25, 0.3) is 0 Å². The summed E-state index contributed by atoms with van der Waals surface area (Å²) in [5, 5.41) is 15.0. The number of likely N-dealkylation sites (tertiary alicyclic amines) is 1. The molecule has 4 unspecified atom stereocenters. The Morgan fingerprint density at radius 1 is 1.33 bits per heavy atom. The molecule has 3 rings (SSSR count). The first-order chi connectivity index (χ1) is 14.2. The van der Waals surface area contributed by atoms with Crippen molar-refractivity contribution in [2.75, 3.05) is 20.2 Å². The molecular weight excluding hydrogens is 386 g/mol. The van der Waals surface area contributed by atoms with Gasteiger partial charge in [-0.05, 0) is 45.4 Å². The van der Waals surface area contributed by atoms with Crippen LogP contribution in [0.15, 0.2) is 0 Å². The first-order valence-corrected chi connectivity index (χ1v) is 11.3. The number of rotatable bonds is 9. The van der Waals surface area contributed by atoms with Crippen molar-refractivity contribution in [3.63, 3.8) is 0 Å². The van der Waals surface area contributed by atoms with Crippen molar-refractivity contribution >= 4 is 17.7 Å². The Bertz CT molecular complexity index is 700. The van der Waals surface area contributed by atoms with E-state index in [4.69, 9.17) is 4.74 Å². The quantitative estimate of drug-likeness (QED) is 0.476. The Balaban J connectivity index is 2.00. The Hall–Kier alpha value is -1.67. The number of aliphatic hydroxyl groups excluding tert-OH is 1. The Morgan fingerprint density at radius 3 is 2.63 bits per heavy atom. The number of hydrogen-bond acceptors (Lipinski definition) is 5. The predicted octanol–water partition coefficient (Wildman–Crippen LogP) is 0.820. The molecule has 0 aromatic rings. The lowest BCUT2D eigenvalue weighted by Gasteiger charge is -2.36. The summed E-state index contributed by atoms with van der Waals surface area (Å²) in [4.78, 5) is 41.5. The van der Waals surface area contributed by atoms with E-state index in [-0.39, 0.29) is 36.3 Å². The SMILES string of the molecule is CCCC(C)NC(=O)C1N(CCCCO)C(=O)[C@@H]2[C@H](C(=O)NC)[C@@]3(C)OC12CC3C. The van der Waals surface area contributed by atoms with E-state index in [2.05, 4.69) is 17.6 Å². The van der Waals surface area contributed by atoms with Crippen LogP contribution in [0, 0.1) is 17.8 Å². The summed E-state index contributed by atoms with van der Waals surface area (Å²) in [5.74, 6) is -1.83. The van der Waals surface area contributed by atoms with E-state index in [9.17, 15) is 19.5 Å². The third kappa shape index (κ3) is 3.32. The molecule has 3 N–H and O–H groups in total. The summed E-state index contributed by atoms with van der Waals surface area (Å²) in [6, 6.07) is -0.763. The monoisotopic (exact) mass is 423 g/mol. The number of unbranched alkanes of at least 4 members (excludes halogenated alkanes) is 1. The molecule has 1 spiro atoms. The molecule has 2 bridgehead atoms. The highest BCUT2D eigenvalue weighted by Gasteiger charge is 2.79. The minimum absolute atomic E-state index is 0.00584. The van der Waals surface area contributed by atoms with E-state index >= 15 is 0 Å². The van der Waals surface area contributed by atoms with Crippen molar-refractivity contribution < 1.29 is 24.2 Å². The van der Waals surface area contributed by atoms with Gasteiger partial charge in [-0.25, -0.2) is 0 Å². The molecule has 0 aliphatic carbocycles. The molecule has 0 radical (unpaired) electrons. The number of nitrogens with zero attached hydrogens (tertiary/aromatic N) is 1. The van der Waals surface area contributed by atoms with Gasteiger partial charge in [0.1, 0.15) is 11.6 Å². The van der Waals surface area contributed by atoms with Gasteiger partial charge in [-0.15, -0.1) is 0 Å². The van der Waals surface area contributed by atoms with E-state index in [1.54, 1.807) is 11.9 Å². The Labute approximate surface area is 179 Å². The maximum absolute atomic E-state index is 13.6. The second-order valence-corrected chi connectivity index (χ2v) is 9.48. The smallest absolute Gasteiger partial charge is 0.246 e. The van der Waals surface area contributed by atoms with Gasteiger partial charge in [-0.2, -0.15) is 0 Å². The fourth-order valence-corrected chi connectivity index (χ4v) is 6.06. The van der Waals surface area contributed by atoms with Gasteiger partial charge < -0.3 is 25.4 Å². The lowest BCUT2D eigenvalue weighted by Crippen LogP contribution is -2.57. The van der Waals surface area contributed by atoms with Gasteiger partial charge in [0, 0.05) is 26.2 Å². The highest BCUT2D eigenvalue weighted by Crippen LogP contribution is 2.65. The van der Waals surface area contributed by atoms with Crippen LogP contribution in [0.2, 0.25) is 0 Å². The van der Waals surface area contributed by atoms with Crippen LogP contribution < -0.4 is 10.6 Å². The summed E-state index contributed by atoms with van der Waals surface area (Å²) >= 11 is 0. The lowest BCUT2D eigenvalue weighted by molar-refractivity contribution is -0.147. The second-order valence-electron chi connectivity index (χ2n) is 9.48. The number of carbonyl (C=O) groups excluding carboxylic acids is 3.